The molecule has 6 nitrogen and oxygen atoms in total. The minimum Gasteiger partial charge on any atom is -0.428 e. The third-order valence-corrected chi connectivity index (χ3v) is 2.59. The highest BCUT2D eigenvalue weighted by molar-refractivity contribution is 5.70. The first kappa shape index (κ1) is 18.7. The molecular formula is C14H28N2O4. The predicted octanol–water partition coefficient (Wildman–Crippen LogP) is 2.18. The van der Waals surface area contributed by atoms with Crippen LogP contribution in [0.4, 0.5) is 4.79 Å². The van der Waals surface area contributed by atoms with Gasteiger partial charge in [-0.15, -0.1) is 0 Å². The molecule has 2 N–H and O–H groups in total. The van der Waals surface area contributed by atoms with Crippen molar-refractivity contribution in [2.45, 2.75) is 52.4 Å². The zero-order valence-electron chi connectivity index (χ0n) is 12.7. The van der Waals surface area contributed by atoms with E-state index >= 15 is 0 Å². The highest BCUT2D eigenvalue weighted by atomic mass is 16.7. The van der Waals surface area contributed by atoms with Gasteiger partial charge in [-0.25, -0.2) is 4.79 Å². The van der Waals surface area contributed by atoms with E-state index in [-0.39, 0.29) is 12.8 Å². The Morgan fingerprint density at radius 1 is 0.900 bits per heavy atom. The van der Waals surface area contributed by atoms with Gasteiger partial charge in [0.25, 0.3) is 0 Å². The Hall–Kier alpha value is -1.30. The van der Waals surface area contributed by atoms with E-state index in [9.17, 15) is 9.59 Å². The van der Waals surface area contributed by atoms with Gasteiger partial charge in [-0.3, -0.25) is 4.79 Å². The maximum atomic E-state index is 11.2. The Bertz CT molecular complexity index is 260. The Balaban J connectivity index is 3.26. The summed E-state index contributed by atoms with van der Waals surface area (Å²) < 4.78 is 9.42. The molecule has 6 heteroatoms. The third-order valence-electron chi connectivity index (χ3n) is 2.59. The maximum absolute atomic E-state index is 11.2. The van der Waals surface area contributed by atoms with Crippen molar-refractivity contribution >= 4 is 12.1 Å². The summed E-state index contributed by atoms with van der Waals surface area (Å²) in [6.45, 7) is 6.36. The van der Waals surface area contributed by atoms with Crippen molar-refractivity contribution in [2.24, 2.45) is 0 Å². The summed E-state index contributed by atoms with van der Waals surface area (Å²) in [5, 5.41) is 5.94. The van der Waals surface area contributed by atoms with Gasteiger partial charge in [0.05, 0.1) is 0 Å². The molecule has 0 aliphatic rings. The van der Waals surface area contributed by atoms with Gasteiger partial charge in [0.2, 0.25) is 6.79 Å². The lowest BCUT2D eigenvalue weighted by Gasteiger charge is -2.07. The second-order valence-electron chi connectivity index (χ2n) is 4.55. The number of hydrogen-bond donors (Lipinski definition) is 2. The molecule has 0 aromatic heterocycles. The number of carbonyl (C=O) groups excluding carboxylic acids is 2. The van der Waals surface area contributed by atoms with E-state index < -0.39 is 6.09 Å². The molecule has 0 rings (SSSR count). The van der Waals surface area contributed by atoms with Crippen molar-refractivity contribution < 1.29 is 19.1 Å². The summed E-state index contributed by atoms with van der Waals surface area (Å²) in [5.74, 6) is -0.347. The van der Waals surface area contributed by atoms with E-state index in [2.05, 4.69) is 17.6 Å². The molecule has 0 radical (unpaired) electrons. The lowest BCUT2D eigenvalue weighted by atomic mass is 10.2. The number of carbonyl (C=O) groups is 2. The first-order valence-corrected chi connectivity index (χ1v) is 7.47. The zero-order chi connectivity index (χ0) is 15.1. The van der Waals surface area contributed by atoms with Gasteiger partial charge in [0.1, 0.15) is 0 Å². The summed E-state index contributed by atoms with van der Waals surface area (Å²) in [4.78, 5) is 22.2. The molecule has 0 aromatic carbocycles. The van der Waals surface area contributed by atoms with Crippen LogP contribution in [0.5, 0.6) is 0 Å². The van der Waals surface area contributed by atoms with Crippen molar-refractivity contribution in [3.63, 3.8) is 0 Å². The normalized spacial score (nSPS) is 10.1. The Morgan fingerprint density at radius 3 is 2.35 bits per heavy atom. The van der Waals surface area contributed by atoms with E-state index in [4.69, 9.17) is 9.47 Å². The monoisotopic (exact) mass is 288 g/mol. The summed E-state index contributed by atoms with van der Waals surface area (Å²) in [6.07, 6.45) is 4.75. The van der Waals surface area contributed by atoms with E-state index in [0.717, 1.165) is 45.2 Å². The number of alkyl carbamates (subject to hydrolysis) is 1. The van der Waals surface area contributed by atoms with Gasteiger partial charge in [0.15, 0.2) is 0 Å². The number of unbranched alkanes of at least 4 members (excludes halogenated alkanes) is 2. The van der Waals surface area contributed by atoms with Crippen LogP contribution < -0.4 is 10.6 Å². The van der Waals surface area contributed by atoms with Crippen molar-refractivity contribution in [3.8, 4) is 0 Å². The molecule has 0 unspecified atom stereocenters. The maximum Gasteiger partial charge on any atom is 0.410 e. The molecule has 1 amide bonds. The first-order valence-electron chi connectivity index (χ1n) is 7.47. The fourth-order valence-corrected chi connectivity index (χ4v) is 1.52. The highest BCUT2D eigenvalue weighted by Gasteiger charge is 2.04. The summed E-state index contributed by atoms with van der Waals surface area (Å²) in [6, 6.07) is 0. The lowest BCUT2D eigenvalue weighted by molar-refractivity contribution is -0.151. The molecular weight excluding hydrogens is 260 g/mol. The van der Waals surface area contributed by atoms with Crippen LogP contribution in [0.1, 0.15) is 52.4 Å². The van der Waals surface area contributed by atoms with Gasteiger partial charge in [0, 0.05) is 13.0 Å². The second-order valence-corrected chi connectivity index (χ2v) is 4.55. The van der Waals surface area contributed by atoms with E-state index in [1.54, 1.807) is 0 Å². The van der Waals surface area contributed by atoms with Crippen LogP contribution in [0.15, 0.2) is 0 Å². The number of hydrogen-bond acceptors (Lipinski definition) is 5. The average Bonchev–Trinajstić information content (AvgIpc) is 2.42. The molecule has 0 saturated heterocycles. The Kier molecular flexibility index (Phi) is 13.2. The van der Waals surface area contributed by atoms with Crippen LogP contribution in [0.2, 0.25) is 0 Å². The van der Waals surface area contributed by atoms with E-state index in [1.165, 1.54) is 0 Å². The van der Waals surface area contributed by atoms with E-state index in [1.807, 2.05) is 6.92 Å². The SMILES string of the molecule is CCCNCCCCCNC(=O)OCOC(=O)CCC. The van der Waals surface area contributed by atoms with Gasteiger partial charge >= 0.3 is 12.1 Å². The Morgan fingerprint density at radius 2 is 1.65 bits per heavy atom. The predicted molar refractivity (Wildman–Crippen MR) is 77.4 cm³/mol. The smallest absolute Gasteiger partial charge is 0.410 e. The van der Waals surface area contributed by atoms with Crippen LogP contribution in [0, 0.1) is 0 Å². The molecule has 0 fully saturated rings. The Labute approximate surface area is 121 Å². The van der Waals surface area contributed by atoms with Gasteiger partial charge in [-0.1, -0.05) is 20.3 Å². The van der Waals surface area contributed by atoms with Crippen molar-refractivity contribution in [1.29, 1.82) is 0 Å². The summed E-state index contributed by atoms with van der Waals surface area (Å²) in [5.41, 5.74) is 0. The van der Waals surface area contributed by atoms with Crippen molar-refractivity contribution in [3.05, 3.63) is 0 Å². The zero-order valence-corrected chi connectivity index (χ0v) is 12.7. The molecule has 0 spiro atoms. The van der Waals surface area contributed by atoms with Gasteiger partial charge < -0.3 is 20.1 Å². The molecule has 0 aliphatic carbocycles. The first-order chi connectivity index (χ1) is 9.70. The highest BCUT2D eigenvalue weighted by Crippen LogP contribution is 1.94. The van der Waals surface area contributed by atoms with Crippen molar-refractivity contribution in [1.82, 2.24) is 10.6 Å². The molecule has 0 atom stereocenters. The molecule has 0 aromatic rings. The van der Waals surface area contributed by atoms with Crippen LogP contribution in [-0.4, -0.2) is 38.5 Å². The summed E-state index contributed by atoms with van der Waals surface area (Å²) >= 11 is 0. The molecule has 118 valence electrons. The number of ether oxygens (including phenoxy) is 2. The van der Waals surface area contributed by atoms with Gasteiger partial charge in [-0.05, 0) is 38.8 Å². The van der Waals surface area contributed by atoms with Gasteiger partial charge in [-0.2, -0.15) is 0 Å². The van der Waals surface area contributed by atoms with Crippen LogP contribution in [-0.2, 0) is 14.3 Å². The van der Waals surface area contributed by atoms with Crippen molar-refractivity contribution in [2.75, 3.05) is 26.4 Å². The lowest BCUT2D eigenvalue weighted by Crippen LogP contribution is -2.27. The van der Waals surface area contributed by atoms with Crippen LogP contribution in [0.3, 0.4) is 0 Å². The topological polar surface area (TPSA) is 76.7 Å². The largest absolute Gasteiger partial charge is 0.428 e. The van der Waals surface area contributed by atoms with Crippen LogP contribution >= 0.6 is 0 Å². The van der Waals surface area contributed by atoms with Crippen LogP contribution in [0.25, 0.3) is 0 Å². The number of amides is 1. The quantitative estimate of drug-likeness (QED) is 0.327. The van der Waals surface area contributed by atoms with E-state index in [0.29, 0.717) is 13.0 Å². The minimum atomic E-state index is -0.543. The molecule has 0 heterocycles. The fraction of sp³-hybridized carbons (Fsp3) is 0.857. The minimum absolute atomic E-state index is 0.314. The fourth-order valence-electron chi connectivity index (χ4n) is 1.52. The number of rotatable bonds is 12. The second kappa shape index (κ2) is 14.1. The summed E-state index contributed by atoms with van der Waals surface area (Å²) in [7, 11) is 0. The number of esters is 1. The standard InChI is InChI=1S/C14H28N2O4/c1-3-8-13(17)19-12-20-14(18)16-11-7-5-6-10-15-9-4-2/h15H,3-12H2,1-2H3,(H,16,18). The average molecular weight is 288 g/mol. The number of nitrogens with one attached hydrogen (secondary N) is 2. The molecule has 20 heavy (non-hydrogen) atoms. The molecule has 0 bridgehead atoms. The molecule has 0 saturated carbocycles. The molecule has 0 aliphatic heterocycles. The third kappa shape index (κ3) is 13.1.